The van der Waals surface area contributed by atoms with Gasteiger partial charge in [0.1, 0.15) is 17.3 Å². The van der Waals surface area contributed by atoms with E-state index in [2.05, 4.69) is 10.2 Å². The summed E-state index contributed by atoms with van der Waals surface area (Å²) in [5.41, 5.74) is 0.841. The summed E-state index contributed by atoms with van der Waals surface area (Å²) in [4.78, 5) is 26.1. The maximum atomic E-state index is 13.5. The van der Waals surface area contributed by atoms with Crippen molar-refractivity contribution in [1.82, 2.24) is 0 Å². The number of hydrogen-bond acceptors (Lipinski definition) is 3. The Bertz CT molecular complexity index is 783. The molecule has 136 valence electrons. The molecular weight excluding hydrogens is 340 g/mol. The summed E-state index contributed by atoms with van der Waals surface area (Å²) in [6.07, 6.45) is 3.55. The fourth-order valence-electron chi connectivity index (χ4n) is 2.88. The lowest BCUT2D eigenvalue weighted by Gasteiger charge is -2.28. The van der Waals surface area contributed by atoms with E-state index < -0.39 is 29.1 Å². The van der Waals surface area contributed by atoms with Gasteiger partial charge >= 0.3 is 11.8 Å². The monoisotopic (exact) mass is 359 g/mol. The van der Waals surface area contributed by atoms with Crippen LogP contribution in [0.2, 0.25) is 0 Å². The van der Waals surface area contributed by atoms with E-state index in [4.69, 9.17) is 0 Å². The molecule has 1 saturated heterocycles. The number of carbonyl (C=O) groups is 2. The summed E-state index contributed by atoms with van der Waals surface area (Å²) >= 11 is 0. The highest BCUT2D eigenvalue weighted by molar-refractivity contribution is 6.43. The van der Waals surface area contributed by atoms with Gasteiger partial charge in [-0.15, -0.1) is 0 Å². The smallest absolute Gasteiger partial charge is 0.314 e. The average molecular weight is 359 g/mol. The van der Waals surface area contributed by atoms with Crippen molar-refractivity contribution in [2.24, 2.45) is 0 Å². The van der Waals surface area contributed by atoms with Crippen LogP contribution in [-0.2, 0) is 9.59 Å². The third-order valence-electron chi connectivity index (χ3n) is 4.25. The van der Waals surface area contributed by atoms with Gasteiger partial charge in [-0.1, -0.05) is 6.07 Å². The van der Waals surface area contributed by atoms with Crippen molar-refractivity contribution in [2.75, 3.05) is 28.6 Å². The molecule has 1 fully saturated rings. The molecule has 1 aliphatic rings. The number of para-hydroxylation sites is 1. The third kappa shape index (κ3) is 4.17. The Morgan fingerprint density at radius 1 is 0.808 bits per heavy atom. The molecule has 2 aromatic carbocycles. The molecule has 1 heterocycles. The zero-order valence-electron chi connectivity index (χ0n) is 14.1. The van der Waals surface area contributed by atoms with E-state index in [1.165, 1.54) is 12.5 Å². The SMILES string of the molecule is O=C(Nc1ccc(N2CCCCC2)cc1)C(=O)Nc1c(F)cccc1F. The fourth-order valence-corrected chi connectivity index (χ4v) is 2.88. The molecule has 0 aromatic heterocycles. The van der Waals surface area contributed by atoms with E-state index in [0.717, 1.165) is 43.8 Å². The Balaban J connectivity index is 1.61. The Kier molecular flexibility index (Phi) is 5.46. The van der Waals surface area contributed by atoms with Crippen molar-refractivity contribution < 1.29 is 18.4 Å². The molecule has 26 heavy (non-hydrogen) atoms. The maximum Gasteiger partial charge on any atom is 0.314 e. The molecule has 3 rings (SSSR count). The van der Waals surface area contributed by atoms with Gasteiger partial charge in [0.2, 0.25) is 0 Å². The number of rotatable bonds is 3. The number of hydrogen-bond donors (Lipinski definition) is 2. The normalized spacial score (nSPS) is 14.0. The first kappa shape index (κ1) is 17.8. The van der Waals surface area contributed by atoms with Gasteiger partial charge in [-0.2, -0.15) is 0 Å². The summed E-state index contributed by atoms with van der Waals surface area (Å²) < 4.78 is 27.1. The van der Waals surface area contributed by atoms with Gasteiger partial charge in [0.05, 0.1) is 0 Å². The Morgan fingerprint density at radius 3 is 2.00 bits per heavy atom. The molecule has 0 unspecified atom stereocenters. The zero-order valence-corrected chi connectivity index (χ0v) is 14.1. The predicted molar refractivity (Wildman–Crippen MR) is 96.1 cm³/mol. The fraction of sp³-hybridized carbons (Fsp3) is 0.263. The van der Waals surface area contributed by atoms with Crippen molar-refractivity contribution in [1.29, 1.82) is 0 Å². The van der Waals surface area contributed by atoms with Crippen LogP contribution >= 0.6 is 0 Å². The van der Waals surface area contributed by atoms with Gasteiger partial charge in [0.25, 0.3) is 0 Å². The van der Waals surface area contributed by atoms with E-state index >= 15 is 0 Å². The minimum atomic E-state index is -1.14. The van der Waals surface area contributed by atoms with Crippen molar-refractivity contribution in [2.45, 2.75) is 19.3 Å². The molecular formula is C19H19F2N3O2. The van der Waals surface area contributed by atoms with Crippen LogP contribution in [0, 0.1) is 11.6 Å². The van der Waals surface area contributed by atoms with Gasteiger partial charge in [-0.3, -0.25) is 9.59 Å². The van der Waals surface area contributed by atoms with Crippen LogP contribution in [0.1, 0.15) is 19.3 Å². The predicted octanol–water partition coefficient (Wildman–Crippen LogP) is 3.53. The highest BCUT2D eigenvalue weighted by Gasteiger charge is 2.18. The lowest BCUT2D eigenvalue weighted by atomic mass is 10.1. The first-order chi connectivity index (χ1) is 12.5. The van der Waals surface area contributed by atoms with Crippen molar-refractivity contribution in [3.63, 3.8) is 0 Å². The molecule has 5 nitrogen and oxygen atoms in total. The van der Waals surface area contributed by atoms with E-state index in [9.17, 15) is 18.4 Å². The number of carbonyl (C=O) groups excluding carboxylic acids is 2. The summed E-state index contributed by atoms with van der Waals surface area (Å²) in [7, 11) is 0. The van der Waals surface area contributed by atoms with Gasteiger partial charge in [-0.05, 0) is 55.7 Å². The molecule has 2 N–H and O–H groups in total. The van der Waals surface area contributed by atoms with Crippen LogP contribution < -0.4 is 15.5 Å². The molecule has 0 bridgehead atoms. The first-order valence-electron chi connectivity index (χ1n) is 8.46. The van der Waals surface area contributed by atoms with E-state index in [1.807, 2.05) is 17.4 Å². The number of halogens is 2. The molecule has 7 heteroatoms. The number of benzene rings is 2. The van der Waals surface area contributed by atoms with Crippen LogP contribution in [0.15, 0.2) is 42.5 Å². The Labute approximate surface area is 150 Å². The quantitative estimate of drug-likeness (QED) is 0.824. The standard InChI is InChI=1S/C19H19F2N3O2/c20-15-5-4-6-16(21)17(15)23-19(26)18(25)22-13-7-9-14(10-8-13)24-11-2-1-3-12-24/h4-10H,1-3,11-12H2,(H,22,25)(H,23,26). The highest BCUT2D eigenvalue weighted by Crippen LogP contribution is 2.22. The number of anilines is 3. The van der Waals surface area contributed by atoms with Crippen molar-refractivity contribution in [3.8, 4) is 0 Å². The van der Waals surface area contributed by atoms with Crippen molar-refractivity contribution >= 4 is 28.9 Å². The van der Waals surface area contributed by atoms with Crippen LogP contribution in [0.4, 0.5) is 25.8 Å². The molecule has 0 aliphatic carbocycles. The summed E-state index contributed by atoms with van der Waals surface area (Å²) in [5, 5.41) is 4.37. The van der Waals surface area contributed by atoms with Gasteiger partial charge in [0, 0.05) is 24.5 Å². The molecule has 1 aliphatic heterocycles. The molecule has 0 spiro atoms. The molecule has 0 saturated carbocycles. The molecule has 2 amide bonds. The summed E-state index contributed by atoms with van der Waals surface area (Å²) in [5.74, 6) is -4.04. The molecule has 0 atom stereocenters. The van der Waals surface area contributed by atoms with Crippen LogP contribution in [0.5, 0.6) is 0 Å². The first-order valence-corrected chi connectivity index (χ1v) is 8.46. The van der Waals surface area contributed by atoms with Gasteiger partial charge in [0.15, 0.2) is 0 Å². The summed E-state index contributed by atoms with van der Waals surface area (Å²) in [6, 6.07) is 10.3. The zero-order chi connectivity index (χ0) is 18.5. The largest absolute Gasteiger partial charge is 0.372 e. The molecule has 0 radical (unpaired) electrons. The molecule has 2 aromatic rings. The minimum Gasteiger partial charge on any atom is -0.372 e. The van der Waals surface area contributed by atoms with Crippen LogP contribution in [-0.4, -0.2) is 24.9 Å². The second-order valence-corrected chi connectivity index (χ2v) is 6.10. The maximum absolute atomic E-state index is 13.5. The van der Waals surface area contributed by atoms with Gasteiger partial charge < -0.3 is 15.5 Å². The topological polar surface area (TPSA) is 61.4 Å². The van der Waals surface area contributed by atoms with Crippen LogP contribution in [0.25, 0.3) is 0 Å². The Hall–Kier alpha value is -2.96. The van der Waals surface area contributed by atoms with Crippen LogP contribution in [0.3, 0.4) is 0 Å². The minimum absolute atomic E-state index is 0.430. The van der Waals surface area contributed by atoms with Gasteiger partial charge in [-0.25, -0.2) is 8.78 Å². The number of piperidine rings is 1. The lowest BCUT2D eigenvalue weighted by molar-refractivity contribution is -0.133. The second kappa shape index (κ2) is 7.95. The van der Waals surface area contributed by atoms with E-state index in [1.54, 1.807) is 12.1 Å². The van der Waals surface area contributed by atoms with E-state index in [-0.39, 0.29) is 0 Å². The van der Waals surface area contributed by atoms with E-state index in [0.29, 0.717) is 5.69 Å². The Morgan fingerprint density at radius 2 is 1.38 bits per heavy atom. The number of nitrogens with one attached hydrogen (secondary N) is 2. The second-order valence-electron chi connectivity index (χ2n) is 6.10. The lowest BCUT2D eigenvalue weighted by Crippen LogP contribution is -2.30. The number of amides is 2. The number of nitrogens with zero attached hydrogens (tertiary/aromatic N) is 1. The average Bonchev–Trinajstić information content (AvgIpc) is 2.66. The third-order valence-corrected chi connectivity index (χ3v) is 4.25. The summed E-state index contributed by atoms with van der Waals surface area (Å²) in [6.45, 7) is 2.00. The highest BCUT2D eigenvalue weighted by atomic mass is 19.1. The van der Waals surface area contributed by atoms with Crippen molar-refractivity contribution in [3.05, 3.63) is 54.1 Å².